The van der Waals surface area contributed by atoms with Gasteiger partial charge in [-0.3, -0.25) is 4.79 Å². The summed E-state index contributed by atoms with van der Waals surface area (Å²) in [6.45, 7) is 1.75. The van der Waals surface area contributed by atoms with E-state index in [4.69, 9.17) is 0 Å². The number of halogens is 1. The molecule has 0 unspecified atom stereocenters. The molecule has 17 heavy (non-hydrogen) atoms. The number of aryl methyl sites for hydroxylation is 1. The maximum absolute atomic E-state index is 11.9. The van der Waals surface area contributed by atoms with E-state index in [9.17, 15) is 4.79 Å². The zero-order chi connectivity index (χ0) is 12.3. The van der Waals surface area contributed by atoms with E-state index in [2.05, 4.69) is 31.2 Å². The maximum Gasteiger partial charge on any atom is 0.274 e. The third kappa shape index (κ3) is 3.10. The summed E-state index contributed by atoms with van der Waals surface area (Å²) >= 11 is 3.34. The van der Waals surface area contributed by atoms with Crippen LogP contribution in [0.3, 0.4) is 0 Å². The normalized spacial score (nSPS) is 10.0. The number of carbonyl (C=O) groups excluding carboxylic acids is 1. The number of amides is 1. The second-order valence-electron chi connectivity index (χ2n) is 3.45. The molecule has 1 N–H and O–H groups in total. The van der Waals surface area contributed by atoms with Crippen molar-refractivity contribution in [2.45, 2.75) is 6.92 Å². The summed E-state index contributed by atoms with van der Waals surface area (Å²) in [6.07, 6.45) is 1.57. The quantitative estimate of drug-likeness (QED) is 0.926. The first-order valence-electron chi connectivity index (χ1n) is 5.02. The highest BCUT2D eigenvalue weighted by molar-refractivity contribution is 9.10. The maximum atomic E-state index is 11.9. The predicted octanol–water partition coefficient (Wildman–Crippen LogP) is 2.80. The van der Waals surface area contributed by atoms with Gasteiger partial charge in [0.1, 0.15) is 11.5 Å². The smallest absolute Gasteiger partial charge is 0.274 e. The van der Waals surface area contributed by atoms with Crippen LogP contribution in [0.2, 0.25) is 0 Å². The van der Waals surface area contributed by atoms with E-state index in [1.165, 1.54) is 0 Å². The van der Waals surface area contributed by atoms with Crippen molar-refractivity contribution in [2.75, 3.05) is 5.32 Å². The van der Waals surface area contributed by atoms with Crippen LogP contribution < -0.4 is 5.32 Å². The molecule has 0 radical (unpaired) electrons. The highest BCUT2D eigenvalue weighted by Crippen LogP contribution is 2.16. The van der Waals surface area contributed by atoms with Crippen LogP contribution in [0.5, 0.6) is 0 Å². The molecule has 2 aromatic rings. The van der Waals surface area contributed by atoms with Gasteiger partial charge in [-0.1, -0.05) is 22.0 Å². The topological polar surface area (TPSA) is 54.9 Å². The van der Waals surface area contributed by atoms with Gasteiger partial charge in [0.2, 0.25) is 0 Å². The van der Waals surface area contributed by atoms with Crippen molar-refractivity contribution < 1.29 is 4.79 Å². The van der Waals surface area contributed by atoms with Crippen molar-refractivity contribution >= 4 is 27.5 Å². The van der Waals surface area contributed by atoms with Crippen LogP contribution in [0.4, 0.5) is 5.69 Å². The first-order chi connectivity index (χ1) is 8.15. The zero-order valence-corrected chi connectivity index (χ0v) is 10.7. The number of benzene rings is 1. The molecule has 4 nitrogen and oxygen atoms in total. The van der Waals surface area contributed by atoms with E-state index >= 15 is 0 Å². The summed E-state index contributed by atoms with van der Waals surface area (Å²) in [4.78, 5) is 19.9. The lowest BCUT2D eigenvalue weighted by Gasteiger charge is -2.05. The molecule has 1 heterocycles. The average molecular weight is 292 g/mol. The van der Waals surface area contributed by atoms with Gasteiger partial charge in [0.25, 0.3) is 5.91 Å². The van der Waals surface area contributed by atoms with Crippen molar-refractivity contribution in [2.24, 2.45) is 0 Å². The molecule has 0 atom stereocenters. The van der Waals surface area contributed by atoms with Crippen molar-refractivity contribution in [3.8, 4) is 0 Å². The number of hydrogen-bond acceptors (Lipinski definition) is 3. The van der Waals surface area contributed by atoms with Gasteiger partial charge in [-0.25, -0.2) is 9.97 Å². The molecule has 1 aromatic carbocycles. The summed E-state index contributed by atoms with van der Waals surface area (Å²) in [7, 11) is 0. The second-order valence-corrected chi connectivity index (χ2v) is 4.37. The van der Waals surface area contributed by atoms with Gasteiger partial charge in [-0.2, -0.15) is 0 Å². The highest BCUT2D eigenvalue weighted by Gasteiger charge is 2.07. The lowest BCUT2D eigenvalue weighted by Crippen LogP contribution is -2.14. The number of aromatic nitrogens is 2. The number of carbonyl (C=O) groups is 1. The molecule has 0 saturated carbocycles. The fraction of sp³-hybridized carbons (Fsp3) is 0.0833. The molecule has 0 spiro atoms. The molecular weight excluding hydrogens is 282 g/mol. The van der Waals surface area contributed by atoms with Crippen molar-refractivity contribution in [3.05, 3.63) is 52.5 Å². The molecule has 86 valence electrons. The number of nitrogens with zero attached hydrogens (tertiary/aromatic N) is 2. The van der Waals surface area contributed by atoms with Gasteiger partial charge in [0.05, 0.1) is 0 Å². The van der Waals surface area contributed by atoms with Gasteiger partial charge in [0, 0.05) is 16.4 Å². The molecule has 0 fully saturated rings. The Balaban J connectivity index is 2.17. The Morgan fingerprint density at radius 1 is 1.35 bits per heavy atom. The highest BCUT2D eigenvalue weighted by atomic mass is 79.9. The van der Waals surface area contributed by atoms with Crippen molar-refractivity contribution in [3.63, 3.8) is 0 Å². The Kier molecular flexibility index (Phi) is 3.49. The van der Waals surface area contributed by atoms with Gasteiger partial charge in [0.15, 0.2) is 0 Å². The van der Waals surface area contributed by atoms with E-state index in [1.807, 2.05) is 24.3 Å². The monoisotopic (exact) mass is 291 g/mol. The van der Waals surface area contributed by atoms with E-state index in [-0.39, 0.29) is 5.91 Å². The summed E-state index contributed by atoms with van der Waals surface area (Å²) in [5, 5.41) is 2.77. The Hall–Kier alpha value is -1.75. The third-order valence-corrected chi connectivity index (χ3v) is 2.58. The van der Waals surface area contributed by atoms with Crippen LogP contribution in [-0.2, 0) is 0 Å². The van der Waals surface area contributed by atoms with Gasteiger partial charge < -0.3 is 5.32 Å². The van der Waals surface area contributed by atoms with Gasteiger partial charge in [-0.15, -0.1) is 0 Å². The van der Waals surface area contributed by atoms with Gasteiger partial charge in [-0.05, 0) is 31.2 Å². The Labute approximate surface area is 107 Å². The third-order valence-electron chi connectivity index (χ3n) is 2.09. The summed E-state index contributed by atoms with van der Waals surface area (Å²) < 4.78 is 0.911. The lowest BCUT2D eigenvalue weighted by atomic mass is 10.3. The molecule has 5 heteroatoms. The number of hydrogen-bond donors (Lipinski definition) is 1. The fourth-order valence-electron chi connectivity index (χ4n) is 1.34. The summed E-state index contributed by atoms with van der Waals surface area (Å²) in [5.41, 5.74) is 1.08. The average Bonchev–Trinajstić information content (AvgIpc) is 2.29. The van der Waals surface area contributed by atoms with Crippen LogP contribution in [0.1, 0.15) is 16.3 Å². The van der Waals surface area contributed by atoms with Crippen molar-refractivity contribution in [1.29, 1.82) is 0 Å². The molecule has 2 rings (SSSR count). The van der Waals surface area contributed by atoms with Crippen LogP contribution in [0.15, 0.2) is 41.0 Å². The summed E-state index contributed by atoms with van der Waals surface area (Å²) in [5.74, 6) is 0.334. The second kappa shape index (κ2) is 5.05. The Morgan fingerprint density at radius 3 is 2.88 bits per heavy atom. The fourth-order valence-corrected chi connectivity index (χ4v) is 1.74. The van der Waals surface area contributed by atoms with E-state index in [1.54, 1.807) is 19.2 Å². The van der Waals surface area contributed by atoms with Crippen LogP contribution in [0, 0.1) is 6.92 Å². The Morgan fingerprint density at radius 2 is 2.18 bits per heavy atom. The number of nitrogens with one attached hydrogen (secondary N) is 1. The molecule has 0 aliphatic carbocycles. The van der Waals surface area contributed by atoms with E-state index in [0.29, 0.717) is 11.5 Å². The SMILES string of the molecule is Cc1nccc(C(=O)Nc2cccc(Br)c2)n1. The Bertz CT molecular complexity index is 557. The standard InChI is InChI=1S/C12H10BrN3O/c1-8-14-6-5-11(15-8)12(17)16-10-4-2-3-9(13)7-10/h2-7H,1H3,(H,16,17). The summed E-state index contributed by atoms with van der Waals surface area (Å²) in [6, 6.07) is 8.97. The van der Waals surface area contributed by atoms with Crippen LogP contribution >= 0.6 is 15.9 Å². The minimum absolute atomic E-state index is 0.242. The van der Waals surface area contributed by atoms with E-state index < -0.39 is 0 Å². The zero-order valence-electron chi connectivity index (χ0n) is 9.14. The minimum atomic E-state index is -0.242. The molecule has 0 bridgehead atoms. The number of rotatable bonds is 2. The van der Waals surface area contributed by atoms with Crippen LogP contribution in [-0.4, -0.2) is 15.9 Å². The first-order valence-corrected chi connectivity index (χ1v) is 5.81. The minimum Gasteiger partial charge on any atom is -0.321 e. The molecular formula is C12H10BrN3O. The lowest BCUT2D eigenvalue weighted by molar-refractivity contribution is 0.102. The molecule has 1 amide bonds. The van der Waals surface area contributed by atoms with Gasteiger partial charge >= 0.3 is 0 Å². The van der Waals surface area contributed by atoms with Crippen molar-refractivity contribution in [1.82, 2.24) is 9.97 Å². The molecule has 1 aromatic heterocycles. The first kappa shape index (κ1) is 11.7. The van der Waals surface area contributed by atoms with E-state index in [0.717, 1.165) is 10.2 Å². The predicted molar refractivity (Wildman–Crippen MR) is 68.9 cm³/mol. The number of anilines is 1. The molecule has 0 aliphatic rings. The van der Waals surface area contributed by atoms with Crippen LogP contribution in [0.25, 0.3) is 0 Å². The molecule has 0 saturated heterocycles. The molecule has 0 aliphatic heterocycles. The largest absolute Gasteiger partial charge is 0.321 e.